The van der Waals surface area contributed by atoms with Crippen LogP contribution in [0.4, 0.5) is 0 Å². The van der Waals surface area contributed by atoms with Crippen LogP contribution in [-0.4, -0.2) is 17.2 Å². The Kier molecular flexibility index (Phi) is 7.51. The molecule has 4 heteroatoms. The van der Waals surface area contributed by atoms with Crippen molar-refractivity contribution in [3.05, 3.63) is 217 Å². The Bertz CT molecular complexity index is 3140. The van der Waals surface area contributed by atoms with Crippen molar-refractivity contribution in [1.29, 1.82) is 0 Å². The number of rotatable bonds is 6. The number of ether oxygens (including phenoxy) is 1. The minimum atomic E-state index is -2.98. The summed E-state index contributed by atoms with van der Waals surface area (Å²) < 4.78 is 12.0. The highest BCUT2D eigenvalue weighted by molar-refractivity contribution is 7.20. The number of fused-ring (bicyclic) bond motifs is 9. The van der Waals surface area contributed by atoms with Gasteiger partial charge in [0.1, 0.15) is 11.5 Å². The molecule has 3 aliphatic rings. The molecule has 3 nitrogen and oxygen atoms in total. The summed E-state index contributed by atoms with van der Waals surface area (Å²) >= 11 is 0. The first-order valence-electron chi connectivity index (χ1n) is 20.5. The minimum Gasteiger partial charge on any atom is -0.461 e. The number of aromatic nitrogens is 2. The number of hydrogen-bond donors (Lipinski definition) is 0. The molecule has 0 spiro atoms. The Labute approximate surface area is 339 Å². The van der Waals surface area contributed by atoms with E-state index in [2.05, 4.69) is 209 Å². The molecule has 1 unspecified atom stereocenters. The zero-order chi connectivity index (χ0) is 38.2. The average molecular weight is 761 g/mol. The topological polar surface area (TPSA) is 19.1 Å². The molecule has 2 aromatic heterocycles. The van der Waals surface area contributed by atoms with Gasteiger partial charge in [0, 0.05) is 50.3 Å². The summed E-state index contributed by atoms with van der Waals surface area (Å²) in [7, 11) is -2.98. The number of nitrogens with zero attached hydrogens (tertiary/aromatic N) is 2. The van der Waals surface area contributed by atoms with Crippen molar-refractivity contribution in [3.63, 3.8) is 0 Å². The summed E-state index contributed by atoms with van der Waals surface area (Å²) in [6, 6.07) is 63.6. The highest BCUT2D eigenvalue weighted by atomic mass is 28.3. The zero-order valence-corrected chi connectivity index (χ0v) is 33.1. The van der Waals surface area contributed by atoms with Crippen LogP contribution in [0.25, 0.3) is 50.2 Å². The van der Waals surface area contributed by atoms with Gasteiger partial charge in [-0.15, -0.1) is 0 Å². The molecule has 0 amide bonds. The third-order valence-corrected chi connectivity index (χ3v) is 17.6. The lowest BCUT2D eigenvalue weighted by atomic mass is 9.92. The quantitative estimate of drug-likeness (QED) is 0.122. The molecule has 2 aliphatic carbocycles. The molecule has 7 aromatic carbocycles. The predicted octanol–water partition coefficient (Wildman–Crippen LogP) is 10.4. The first-order chi connectivity index (χ1) is 28.8. The van der Waals surface area contributed by atoms with Crippen molar-refractivity contribution in [2.24, 2.45) is 0 Å². The van der Waals surface area contributed by atoms with Crippen molar-refractivity contribution in [1.82, 2.24) is 9.13 Å². The van der Waals surface area contributed by atoms with Crippen LogP contribution in [0.2, 0.25) is 0 Å². The van der Waals surface area contributed by atoms with Crippen LogP contribution in [-0.2, 0) is 6.42 Å². The summed E-state index contributed by atoms with van der Waals surface area (Å²) in [5.41, 5.74) is 10.1. The van der Waals surface area contributed by atoms with Gasteiger partial charge in [0.15, 0.2) is 8.07 Å². The lowest BCUT2D eigenvalue weighted by molar-refractivity contribution is 0.428. The van der Waals surface area contributed by atoms with Crippen LogP contribution in [0.1, 0.15) is 35.6 Å². The molecule has 58 heavy (non-hydrogen) atoms. The molecule has 0 radical (unpaired) electrons. The second-order valence-electron chi connectivity index (χ2n) is 15.9. The average Bonchev–Trinajstić information content (AvgIpc) is 3.96. The lowest BCUT2D eigenvalue weighted by Gasteiger charge is -2.35. The van der Waals surface area contributed by atoms with Gasteiger partial charge in [-0.25, -0.2) is 0 Å². The maximum atomic E-state index is 6.97. The number of para-hydroxylation sites is 3. The number of hydrogen-bond acceptors (Lipinski definition) is 1. The van der Waals surface area contributed by atoms with E-state index in [0.29, 0.717) is 0 Å². The van der Waals surface area contributed by atoms with Gasteiger partial charge >= 0.3 is 0 Å². The van der Waals surface area contributed by atoms with E-state index in [4.69, 9.17) is 4.74 Å². The Morgan fingerprint density at radius 1 is 0.534 bits per heavy atom. The van der Waals surface area contributed by atoms with Crippen LogP contribution in [0.5, 0.6) is 5.75 Å². The smallest absolute Gasteiger partial charge is 0.184 e. The normalized spacial score (nSPS) is 15.7. The fourth-order valence-corrected chi connectivity index (χ4v) is 15.3. The second-order valence-corrected chi connectivity index (χ2v) is 19.6. The highest BCUT2D eigenvalue weighted by Crippen LogP contribution is 2.44. The van der Waals surface area contributed by atoms with Crippen molar-refractivity contribution in [2.75, 3.05) is 0 Å². The molecule has 0 fully saturated rings. The molecule has 276 valence electrons. The number of benzene rings is 7. The van der Waals surface area contributed by atoms with Gasteiger partial charge < -0.3 is 13.9 Å². The maximum Gasteiger partial charge on any atom is 0.184 e. The van der Waals surface area contributed by atoms with E-state index in [0.717, 1.165) is 36.5 Å². The molecule has 1 aliphatic heterocycles. The molecular formula is C54H40N2OSi. The molecule has 1 atom stereocenters. The Morgan fingerprint density at radius 3 is 2.02 bits per heavy atom. The summed E-state index contributed by atoms with van der Waals surface area (Å²) in [5.74, 6) is 2.34. The first kappa shape index (κ1) is 33.3. The van der Waals surface area contributed by atoms with Crippen molar-refractivity contribution >= 4 is 67.6 Å². The lowest BCUT2D eigenvalue weighted by Crippen LogP contribution is -2.75. The van der Waals surface area contributed by atoms with Gasteiger partial charge in [0.2, 0.25) is 0 Å². The molecule has 3 heterocycles. The largest absolute Gasteiger partial charge is 0.461 e. The van der Waals surface area contributed by atoms with Crippen LogP contribution >= 0.6 is 0 Å². The molecule has 0 N–H and O–H groups in total. The van der Waals surface area contributed by atoms with E-state index >= 15 is 0 Å². The van der Waals surface area contributed by atoms with Crippen LogP contribution in [0.3, 0.4) is 0 Å². The fourth-order valence-electron chi connectivity index (χ4n) is 10.4. The van der Waals surface area contributed by atoms with E-state index in [-0.39, 0.29) is 5.92 Å². The fraction of sp³-hybridized carbons (Fsp3) is 0.0741. The molecule has 0 saturated carbocycles. The Hall–Kier alpha value is -6.88. The third kappa shape index (κ3) is 4.79. The summed E-state index contributed by atoms with van der Waals surface area (Å²) in [6.07, 6.45) is 14.3. The predicted molar refractivity (Wildman–Crippen MR) is 244 cm³/mol. The van der Waals surface area contributed by atoms with Gasteiger partial charge in [0.05, 0.1) is 16.6 Å². The van der Waals surface area contributed by atoms with E-state index in [1.807, 2.05) is 0 Å². The highest BCUT2D eigenvalue weighted by Gasteiger charge is 2.46. The Morgan fingerprint density at radius 2 is 1.21 bits per heavy atom. The Balaban J connectivity index is 1.10. The van der Waals surface area contributed by atoms with E-state index in [1.165, 1.54) is 76.0 Å². The molecule has 9 aromatic rings. The van der Waals surface area contributed by atoms with Gasteiger partial charge in [-0.3, -0.25) is 0 Å². The van der Waals surface area contributed by atoms with Gasteiger partial charge in [-0.2, -0.15) is 0 Å². The summed E-state index contributed by atoms with van der Waals surface area (Å²) in [5, 5.41) is 9.11. The molecule has 0 saturated heterocycles. The maximum absolute atomic E-state index is 6.97. The zero-order valence-electron chi connectivity index (χ0n) is 32.1. The van der Waals surface area contributed by atoms with Crippen LogP contribution in [0.15, 0.2) is 200 Å². The summed E-state index contributed by atoms with van der Waals surface area (Å²) in [4.78, 5) is 0. The van der Waals surface area contributed by atoms with E-state index < -0.39 is 8.07 Å². The van der Waals surface area contributed by atoms with Crippen LogP contribution in [0, 0.1) is 0 Å². The van der Waals surface area contributed by atoms with Crippen molar-refractivity contribution in [2.45, 2.75) is 25.2 Å². The monoisotopic (exact) mass is 760 g/mol. The molecular weight excluding hydrogens is 721 g/mol. The van der Waals surface area contributed by atoms with E-state index in [9.17, 15) is 0 Å². The minimum absolute atomic E-state index is 0.249. The second kappa shape index (κ2) is 13.1. The van der Waals surface area contributed by atoms with Gasteiger partial charge in [-0.05, 0) is 88.5 Å². The molecule has 12 rings (SSSR count). The van der Waals surface area contributed by atoms with Crippen molar-refractivity contribution < 1.29 is 4.74 Å². The molecule has 0 bridgehead atoms. The first-order valence-corrected chi connectivity index (χ1v) is 22.5. The van der Waals surface area contributed by atoms with E-state index in [1.54, 1.807) is 0 Å². The summed E-state index contributed by atoms with van der Waals surface area (Å²) in [6.45, 7) is 0. The third-order valence-electron chi connectivity index (χ3n) is 12.9. The SMILES string of the molecule is C1=CCC2C(=C1)Oc1c2cccc1[Si](c1ccccc1)(c1ccccc1)c1cccc(-n2c3ccccc3c3cc(-n4c5c(c6ccccc64)C=CCC5)ccc32)c1. The number of allylic oxidation sites excluding steroid dienone is 5. The van der Waals surface area contributed by atoms with Gasteiger partial charge in [0.25, 0.3) is 0 Å². The van der Waals surface area contributed by atoms with Crippen LogP contribution < -0.4 is 25.5 Å². The standard InChI is InChI=1S/C54H40N2OSi/c1-3-18-39(19-4-1)58(40-20-5-2-6-21-40,53-32-16-27-46-45-26-10-14-31-52(45)57-54(46)53)41-22-15-17-37(35-41)55-50-30-13-9-25-44(50)47-36-38(33-34-51(47)55)56-48-28-11-7-23-42(48)43-24-8-12-29-49(43)56/h1-11,13-25,27-28,30-36,45H,12,26,29H2. The van der Waals surface area contributed by atoms with Gasteiger partial charge in [-0.1, -0.05) is 152 Å². The van der Waals surface area contributed by atoms with Crippen molar-refractivity contribution in [3.8, 4) is 17.1 Å².